The zero-order chi connectivity index (χ0) is 17.2. The van der Waals surface area contributed by atoms with Gasteiger partial charge in [-0.3, -0.25) is 0 Å². The van der Waals surface area contributed by atoms with Gasteiger partial charge in [-0.25, -0.2) is 4.79 Å². The van der Waals surface area contributed by atoms with Crippen molar-refractivity contribution in [3.05, 3.63) is 71.9 Å². The van der Waals surface area contributed by atoms with Crippen LogP contribution in [0.15, 0.2) is 60.8 Å². The van der Waals surface area contributed by atoms with Crippen molar-refractivity contribution in [1.82, 2.24) is 15.2 Å². The number of rotatable bonds is 3. The van der Waals surface area contributed by atoms with E-state index in [4.69, 9.17) is 4.84 Å². The highest BCUT2D eigenvalue weighted by Crippen LogP contribution is 2.30. The van der Waals surface area contributed by atoms with E-state index >= 15 is 0 Å². The first-order valence-corrected chi connectivity index (χ1v) is 6.81. The predicted octanol–water partition coefficient (Wildman–Crippen LogP) is 3.23. The Labute approximate surface area is 134 Å². The molecule has 2 aromatic carbocycles. The maximum Gasteiger partial charge on any atom is 0.416 e. The first-order chi connectivity index (χ1) is 11.4. The molecule has 0 atom stereocenters. The van der Waals surface area contributed by atoms with Gasteiger partial charge in [-0.1, -0.05) is 35.2 Å². The molecule has 0 radical (unpaired) electrons. The topological polar surface area (TPSA) is 57.0 Å². The lowest BCUT2D eigenvalue weighted by Crippen LogP contribution is -2.20. The second-order valence-electron chi connectivity index (χ2n) is 4.83. The number of carbonyl (C=O) groups is 1. The molecule has 0 amide bonds. The molecule has 3 rings (SSSR count). The summed E-state index contributed by atoms with van der Waals surface area (Å²) >= 11 is 0. The largest absolute Gasteiger partial charge is 0.416 e. The minimum atomic E-state index is -4.40. The van der Waals surface area contributed by atoms with E-state index in [2.05, 4.69) is 10.3 Å². The Hall–Kier alpha value is -3.16. The van der Waals surface area contributed by atoms with Gasteiger partial charge in [-0.05, 0) is 29.5 Å². The highest BCUT2D eigenvalue weighted by Gasteiger charge is 2.30. The molecule has 0 N–H and O–H groups in total. The molecule has 0 aliphatic heterocycles. The van der Waals surface area contributed by atoms with Gasteiger partial charge in [0.1, 0.15) is 5.69 Å². The van der Waals surface area contributed by atoms with Crippen LogP contribution >= 0.6 is 0 Å². The van der Waals surface area contributed by atoms with Gasteiger partial charge in [0.15, 0.2) is 0 Å². The maximum absolute atomic E-state index is 12.5. The fraction of sp³-hybridized carbons (Fsp3) is 0.0625. The monoisotopic (exact) mass is 333 g/mol. The van der Waals surface area contributed by atoms with E-state index in [0.717, 1.165) is 17.0 Å². The third-order valence-corrected chi connectivity index (χ3v) is 3.17. The summed E-state index contributed by atoms with van der Waals surface area (Å²) in [7, 11) is 0. The van der Waals surface area contributed by atoms with Gasteiger partial charge in [-0.2, -0.15) is 13.2 Å². The van der Waals surface area contributed by atoms with Crippen LogP contribution in [0.25, 0.3) is 11.3 Å². The van der Waals surface area contributed by atoms with Gasteiger partial charge in [0.05, 0.1) is 17.3 Å². The summed E-state index contributed by atoms with van der Waals surface area (Å²) in [5.74, 6) is -0.625. The van der Waals surface area contributed by atoms with Crippen molar-refractivity contribution in [1.29, 1.82) is 0 Å². The molecule has 8 heteroatoms. The third-order valence-electron chi connectivity index (χ3n) is 3.17. The molecule has 0 aliphatic rings. The smallest absolute Gasteiger partial charge is 0.312 e. The van der Waals surface area contributed by atoms with Crippen molar-refractivity contribution < 1.29 is 22.8 Å². The minimum absolute atomic E-state index is 0.282. The molecule has 0 spiro atoms. The van der Waals surface area contributed by atoms with Crippen LogP contribution in [-0.4, -0.2) is 21.1 Å². The maximum atomic E-state index is 12.5. The Kier molecular flexibility index (Phi) is 4.03. The number of carbonyl (C=O) groups excluding carboxylic acids is 1. The van der Waals surface area contributed by atoms with Gasteiger partial charge >= 0.3 is 12.1 Å². The summed E-state index contributed by atoms with van der Waals surface area (Å²) in [5.41, 5.74) is 0.285. The summed E-state index contributed by atoms with van der Waals surface area (Å²) in [4.78, 5) is 17.7. The van der Waals surface area contributed by atoms with Crippen molar-refractivity contribution in [3.8, 4) is 11.3 Å². The first kappa shape index (κ1) is 15.7. The molecule has 1 heterocycles. The fourth-order valence-electron chi connectivity index (χ4n) is 1.97. The van der Waals surface area contributed by atoms with E-state index in [-0.39, 0.29) is 5.69 Å². The Morgan fingerprint density at radius 3 is 2.29 bits per heavy atom. The number of halogens is 3. The molecular weight excluding hydrogens is 323 g/mol. The van der Waals surface area contributed by atoms with E-state index in [1.807, 2.05) is 0 Å². The van der Waals surface area contributed by atoms with Crippen molar-refractivity contribution >= 4 is 5.97 Å². The lowest BCUT2D eigenvalue weighted by Gasteiger charge is -2.06. The number of aromatic nitrogens is 3. The van der Waals surface area contributed by atoms with Crippen molar-refractivity contribution in [2.24, 2.45) is 0 Å². The number of hydrogen-bond donors (Lipinski definition) is 0. The van der Waals surface area contributed by atoms with E-state index in [0.29, 0.717) is 11.1 Å². The molecule has 0 aliphatic carbocycles. The average Bonchev–Trinajstić information content (AvgIpc) is 3.03. The van der Waals surface area contributed by atoms with Crippen LogP contribution in [0.3, 0.4) is 0 Å². The van der Waals surface area contributed by atoms with Gasteiger partial charge < -0.3 is 4.84 Å². The third kappa shape index (κ3) is 3.43. The highest BCUT2D eigenvalue weighted by atomic mass is 19.4. The Morgan fingerprint density at radius 2 is 1.67 bits per heavy atom. The Morgan fingerprint density at radius 1 is 1.00 bits per heavy atom. The van der Waals surface area contributed by atoms with E-state index < -0.39 is 17.7 Å². The summed E-state index contributed by atoms with van der Waals surface area (Å²) in [6.07, 6.45) is -3.09. The molecule has 24 heavy (non-hydrogen) atoms. The van der Waals surface area contributed by atoms with Gasteiger partial charge in [0.2, 0.25) is 0 Å². The van der Waals surface area contributed by atoms with Crippen molar-refractivity contribution in [3.63, 3.8) is 0 Å². The molecule has 0 saturated heterocycles. The molecule has 122 valence electrons. The SMILES string of the molecule is O=C(On1cc(-c2ccc(C(F)(F)F)cc2)nn1)c1ccccc1. The summed E-state index contributed by atoms with van der Waals surface area (Å²) in [6.45, 7) is 0. The fourth-order valence-corrected chi connectivity index (χ4v) is 1.97. The van der Waals surface area contributed by atoms with Crippen LogP contribution in [0.1, 0.15) is 15.9 Å². The molecule has 1 aromatic heterocycles. The predicted molar refractivity (Wildman–Crippen MR) is 77.8 cm³/mol. The quantitative estimate of drug-likeness (QED) is 0.691. The lowest BCUT2D eigenvalue weighted by molar-refractivity contribution is -0.137. The second-order valence-corrected chi connectivity index (χ2v) is 4.83. The first-order valence-electron chi connectivity index (χ1n) is 6.81. The van der Waals surface area contributed by atoms with Gasteiger partial charge in [0.25, 0.3) is 0 Å². The van der Waals surface area contributed by atoms with Crippen LogP contribution in [0.2, 0.25) is 0 Å². The normalized spacial score (nSPS) is 11.3. The molecule has 0 saturated carbocycles. The number of alkyl halides is 3. The number of hydrogen-bond acceptors (Lipinski definition) is 4. The van der Waals surface area contributed by atoms with Gasteiger partial charge in [-0.15, -0.1) is 5.10 Å². The molecule has 3 aromatic rings. The molecular formula is C16H10F3N3O2. The van der Waals surface area contributed by atoms with Crippen LogP contribution in [0.4, 0.5) is 13.2 Å². The van der Waals surface area contributed by atoms with E-state index in [1.165, 1.54) is 18.3 Å². The standard InChI is InChI=1S/C16H10F3N3O2/c17-16(18,19)13-8-6-11(7-9-13)14-10-22(21-20-14)24-15(23)12-4-2-1-3-5-12/h1-10H. The Balaban J connectivity index is 1.75. The van der Waals surface area contributed by atoms with Crippen LogP contribution in [0.5, 0.6) is 0 Å². The highest BCUT2D eigenvalue weighted by molar-refractivity contribution is 5.89. The van der Waals surface area contributed by atoms with Gasteiger partial charge in [0, 0.05) is 5.56 Å². The summed E-state index contributed by atoms with van der Waals surface area (Å²) in [6, 6.07) is 12.7. The van der Waals surface area contributed by atoms with E-state index in [1.54, 1.807) is 30.3 Å². The van der Waals surface area contributed by atoms with E-state index in [9.17, 15) is 18.0 Å². The number of benzene rings is 2. The van der Waals surface area contributed by atoms with Crippen LogP contribution in [0, 0.1) is 0 Å². The molecule has 0 bridgehead atoms. The lowest BCUT2D eigenvalue weighted by atomic mass is 10.1. The van der Waals surface area contributed by atoms with Crippen molar-refractivity contribution in [2.75, 3.05) is 0 Å². The zero-order valence-electron chi connectivity index (χ0n) is 12.1. The number of nitrogens with zero attached hydrogens (tertiary/aromatic N) is 3. The van der Waals surface area contributed by atoms with Crippen molar-refractivity contribution in [2.45, 2.75) is 6.18 Å². The average molecular weight is 333 g/mol. The van der Waals surface area contributed by atoms with Crippen LogP contribution in [-0.2, 0) is 6.18 Å². The molecule has 5 nitrogen and oxygen atoms in total. The molecule has 0 fully saturated rings. The second kappa shape index (κ2) is 6.15. The Bertz CT molecular complexity index is 843. The summed E-state index contributed by atoms with van der Waals surface area (Å²) in [5, 5.41) is 7.41. The molecule has 0 unspecified atom stereocenters. The minimum Gasteiger partial charge on any atom is -0.312 e. The van der Waals surface area contributed by atoms with Crippen LogP contribution < -0.4 is 4.84 Å². The summed E-state index contributed by atoms with van der Waals surface area (Å²) < 4.78 is 37.6. The zero-order valence-corrected chi connectivity index (χ0v) is 12.1.